The number of halogens is 1. The first-order valence-electron chi connectivity index (χ1n) is 9.64. The topological polar surface area (TPSA) is 82.4 Å². The van der Waals surface area contributed by atoms with E-state index in [9.17, 15) is 4.79 Å². The minimum absolute atomic E-state index is 0.0172. The molecule has 4 rings (SSSR count). The number of tetrazole rings is 1. The van der Waals surface area contributed by atoms with Crippen LogP contribution in [0.3, 0.4) is 0 Å². The molecule has 0 saturated carbocycles. The van der Waals surface area contributed by atoms with Gasteiger partial charge in [-0.2, -0.15) is 4.80 Å². The Balaban J connectivity index is 1.52. The fraction of sp³-hybridized carbons (Fsp3) is 0.333. The number of hydrogen-bond donors (Lipinski definition) is 0. The maximum absolute atomic E-state index is 13.1. The molecule has 0 aliphatic carbocycles. The third kappa shape index (κ3) is 4.09. The van der Waals surface area contributed by atoms with Gasteiger partial charge in [-0.1, -0.05) is 11.6 Å². The van der Waals surface area contributed by atoms with Gasteiger partial charge in [0.1, 0.15) is 18.0 Å². The van der Waals surface area contributed by atoms with Gasteiger partial charge >= 0.3 is 0 Å². The van der Waals surface area contributed by atoms with Crippen molar-refractivity contribution in [1.29, 1.82) is 0 Å². The van der Waals surface area contributed by atoms with Gasteiger partial charge in [0.25, 0.3) is 0 Å². The van der Waals surface area contributed by atoms with Gasteiger partial charge in [-0.05, 0) is 60.5 Å². The number of carbonyl (C=O) groups excluding carboxylic acids is 1. The van der Waals surface area contributed by atoms with Crippen molar-refractivity contribution in [1.82, 2.24) is 25.1 Å². The number of amides is 1. The van der Waals surface area contributed by atoms with Gasteiger partial charge in [0.15, 0.2) is 0 Å². The molecule has 1 aliphatic rings. The van der Waals surface area contributed by atoms with Crippen molar-refractivity contribution >= 4 is 17.5 Å². The van der Waals surface area contributed by atoms with Crippen molar-refractivity contribution in [2.24, 2.45) is 0 Å². The number of carbonyl (C=O) groups is 1. The summed E-state index contributed by atoms with van der Waals surface area (Å²) in [5.74, 6) is 1.86. The third-order valence-electron chi connectivity index (χ3n) is 5.20. The molecule has 0 spiro atoms. The molecule has 0 N–H and O–H groups in total. The Morgan fingerprint density at radius 1 is 1.17 bits per heavy atom. The highest BCUT2D eigenvalue weighted by molar-refractivity contribution is 6.30. The molecule has 0 radical (unpaired) electrons. The second kappa shape index (κ2) is 8.71. The van der Waals surface area contributed by atoms with E-state index in [4.69, 9.17) is 21.1 Å². The van der Waals surface area contributed by atoms with Crippen LogP contribution in [0.5, 0.6) is 11.5 Å². The van der Waals surface area contributed by atoms with Crippen molar-refractivity contribution in [3.8, 4) is 22.9 Å². The zero-order chi connectivity index (χ0) is 21.1. The van der Waals surface area contributed by atoms with Crippen LogP contribution in [-0.4, -0.2) is 51.8 Å². The van der Waals surface area contributed by atoms with E-state index in [0.717, 1.165) is 35.5 Å². The fourth-order valence-electron chi connectivity index (χ4n) is 3.72. The maximum Gasteiger partial charge on any atom is 0.246 e. The molecule has 30 heavy (non-hydrogen) atoms. The first-order valence-corrected chi connectivity index (χ1v) is 10.0. The minimum atomic E-state index is -0.0817. The highest BCUT2D eigenvalue weighted by Gasteiger charge is 2.32. The Bertz CT molecular complexity index is 1040. The summed E-state index contributed by atoms with van der Waals surface area (Å²) in [5, 5.41) is 13.1. The lowest BCUT2D eigenvalue weighted by atomic mass is 10.0. The summed E-state index contributed by atoms with van der Waals surface area (Å²) in [6.07, 6.45) is 1.77. The average molecular weight is 428 g/mol. The van der Waals surface area contributed by atoms with Crippen molar-refractivity contribution < 1.29 is 14.3 Å². The van der Waals surface area contributed by atoms with E-state index in [2.05, 4.69) is 15.4 Å². The Labute approximate surface area is 179 Å². The molecule has 1 fully saturated rings. The van der Waals surface area contributed by atoms with Gasteiger partial charge in [0, 0.05) is 22.7 Å². The monoisotopic (exact) mass is 427 g/mol. The summed E-state index contributed by atoms with van der Waals surface area (Å²) in [4.78, 5) is 16.2. The molecule has 1 saturated heterocycles. The van der Waals surface area contributed by atoms with Gasteiger partial charge < -0.3 is 14.4 Å². The normalized spacial score (nSPS) is 16.0. The number of ether oxygens (including phenoxy) is 2. The van der Waals surface area contributed by atoms with E-state index >= 15 is 0 Å². The average Bonchev–Trinajstić information content (AvgIpc) is 3.43. The first-order chi connectivity index (χ1) is 14.6. The van der Waals surface area contributed by atoms with Gasteiger partial charge in [-0.25, -0.2) is 0 Å². The standard InChI is InChI=1S/C21H22ClN5O3/c1-29-16-9-10-19(30-2)17(12-16)18-4-3-11-26(18)20(28)13-27-24-21(23-25-27)14-5-7-15(22)8-6-14/h5-10,12,18H,3-4,11,13H2,1-2H3. The van der Waals surface area contributed by atoms with Gasteiger partial charge in [0.05, 0.1) is 20.3 Å². The lowest BCUT2D eigenvalue weighted by molar-refractivity contribution is -0.133. The smallest absolute Gasteiger partial charge is 0.246 e. The number of likely N-dealkylation sites (tertiary alicyclic amines) is 1. The predicted octanol–water partition coefficient (Wildman–Crippen LogP) is 3.37. The Morgan fingerprint density at radius 2 is 1.97 bits per heavy atom. The van der Waals surface area contributed by atoms with Gasteiger partial charge in [-0.15, -0.1) is 10.2 Å². The van der Waals surface area contributed by atoms with Crippen LogP contribution in [0.2, 0.25) is 5.02 Å². The van der Waals surface area contributed by atoms with Crippen LogP contribution in [0.4, 0.5) is 0 Å². The predicted molar refractivity (Wildman–Crippen MR) is 111 cm³/mol. The maximum atomic E-state index is 13.1. The van der Waals surface area contributed by atoms with E-state index in [-0.39, 0.29) is 18.5 Å². The summed E-state index contributed by atoms with van der Waals surface area (Å²) >= 11 is 5.92. The number of benzene rings is 2. The van der Waals surface area contributed by atoms with Crippen molar-refractivity contribution in [2.75, 3.05) is 20.8 Å². The van der Waals surface area contributed by atoms with Crippen LogP contribution < -0.4 is 9.47 Å². The summed E-state index contributed by atoms with van der Waals surface area (Å²) in [5.41, 5.74) is 1.73. The molecule has 1 amide bonds. The molecule has 9 heteroatoms. The molecule has 1 aromatic heterocycles. The lowest BCUT2D eigenvalue weighted by Crippen LogP contribution is -2.34. The number of hydrogen-bond acceptors (Lipinski definition) is 6. The highest BCUT2D eigenvalue weighted by Crippen LogP contribution is 2.39. The summed E-state index contributed by atoms with van der Waals surface area (Å²) in [6, 6.07) is 12.7. The Kier molecular flexibility index (Phi) is 5.85. The largest absolute Gasteiger partial charge is 0.497 e. The quantitative estimate of drug-likeness (QED) is 0.599. The van der Waals surface area contributed by atoms with E-state index in [1.807, 2.05) is 35.2 Å². The molecular formula is C21H22ClN5O3. The van der Waals surface area contributed by atoms with E-state index in [1.165, 1.54) is 4.80 Å². The van der Waals surface area contributed by atoms with Crippen LogP contribution in [0, 0.1) is 0 Å². The second-order valence-electron chi connectivity index (χ2n) is 7.00. The highest BCUT2D eigenvalue weighted by atomic mass is 35.5. The van der Waals surface area contributed by atoms with E-state index < -0.39 is 0 Å². The molecule has 2 aromatic carbocycles. The summed E-state index contributed by atoms with van der Waals surface area (Å²) < 4.78 is 10.9. The summed E-state index contributed by atoms with van der Waals surface area (Å²) in [6.45, 7) is 0.686. The van der Waals surface area contributed by atoms with Crippen LogP contribution in [0.15, 0.2) is 42.5 Å². The number of rotatable bonds is 6. The molecular weight excluding hydrogens is 406 g/mol. The molecule has 1 atom stereocenters. The van der Waals surface area contributed by atoms with Crippen LogP contribution >= 0.6 is 11.6 Å². The third-order valence-corrected chi connectivity index (χ3v) is 5.45. The first kappa shape index (κ1) is 20.2. The SMILES string of the molecule is COc1ccc(OC)c(C2CCCN2C(=O)Cn2nnc(-c3ccc(Cl)cc3)n2)c1. The van der Waals surface area contributed by atoms with Crippen LogP contribution in [0.25, 0.3) is 11.4 Å². The molecule has 1 aliphatic heterocycles. The van der Waals surface area contributed by atoms with Crippen molar-refractivity contribution in [2.45, 2.75) is 25.4 Å². The molecule has 1 unspecified atom stereocenters. The molecule has 8 nitrogen and oxygen atoms in total. The van der Waals surface area contributed by atoms with E-state index in [0.29, 0.717) is 17.4 Å². The van der Waals surface area contributed by atoms with Crippen molar-refractivity contribution in [3.05, 3.63) is 53.1 Å². The second-order valence-corrected chi connectivity index (χ2v) is 7.44. The number of nitrogens with zero attached hydrogens (tertiary/aromatic N) is 5. The minimum Gasteiger partial charge on any atom is -0.497 e. The zero-order valence-corrected chi connectivity index (χ0v) is 17.5. The summed E-state index contributed by atoms with van der Waals surface area (Å²) in [7, 11) is 3.25. The van der Waals surface area contributed by atoms with Gasteiger partial charge in [-0.3, -0.25) is 4.79 Å². The van der Waals surface area contributed by atoms with Crippen molar-refractivity contribution in [3.63, 3.8) is 0 Å². The molecule has 2 heterocycles. The Hall–Kier alpha value is -3.13. The Morgan fingerprint density at radius 3 is 2.70 bits per heavy atom. The number of methoxy groups -OCH3 is 2. The zero-order valence-electron chi connectivity index (χ0n) is 16.8. The lowest BCUT2D eigenvalue weighted by Gasteiger charge is -2.26. The van der Waals surface area contributed by atoms with E-state index in [1.54, 1.807) is 26.4 Å². The van der Waals surface area contributed by atoms with Crippen LogP contribution in [-0.2, 0) is 11.3 Å². The van der Waals surface area contributed by atoms with Gasteiger partial charge in [0.2, 0.25) is 11.7 Å². The molecule has 156 valence electrons. The number of aromatic nitrogens is 4. The molecule has 3 aromatic rings. The fourth-order valence-corrected chi connectivity index (χ4v) is 3.85. The van der Waals surface area contributed by atoms with Crippen LogP contribution in [0.1, 0.15) is 24.4 Å². The molecule has 0 bridgehead atoms.